The van der Waals surface area contributed by atoms with Gasteiger partial charge in [-0.3, -0.25) is 4.90 Å². The number of hydrogen-bond donors (Lipinski definition) is 0. The lowest BCUT2D eigenvalue weighted by atomic mass is 10.2. The number of hydrogen-bond acceptors (Lipinski definition) is 5. The Morgan fingerprint density at radius 2 is 1.83 bits per heavy atom. The zero-order valence-corrected chi connectivity index (χ0v) is 13.5. The summed E-state index contributed by atoms with van der Waals surface area (Å²) in [5.74, 6) is 2.14. The van der Waals surface area contributed by atoms with Crippen molar-refractivity contribution in [2.45, 2.75) is 39.9 Å². The van der Waals surface area contributed by atoms with Gasteiger partial charge in [-0.1, -0.05) is 19.1 Å². The van der Waals surface area contributed by atoms with Gasteiger partial charge in [-0.05, 0) is 19.1 Å². The first-order chi connectivity index (χ1) is 11.2. The fourth-order valence-electron chi connectivity index (χ4n) is 3.15. The van der Waals surface area contributed by atoms with Gasteiger partial charge in [0.05, 0.1) is 29.0 Å². The Kier molecular flexibility index (Phi) is 3.53. The Morgan fingerprint density at radius 3 is 2.61 bits per heavy atom. The maximum Gasteiger partial charge on any atom is 0.147 e. The molecule has 3 heterocycles. The molecule has 0 bridgehead atoms. The molecule has 1 aliphatic heterocycles. The molecule has 4 rings (SSSR count). The molecule has 118 valence electrons. The smallest absolute Gasteiger partial charge is 0.147 e. The lowest BCUT2D eigenvalue weighted by molar-refractivity contribution is 0.204. The Balaban J connectivity index is 1.58. The summed E-state index contributed by atoms with van der Waals surface area (Å²) in [6, 6.07) is 8.03. The van der Waals surface area contributed by atoms with Crippen molar-refractivity contribution in [3.8, 4) is 0 Å². The molecule has 23 heavy (non-hydrogen) atoms. The van der Waals surface area contributed by atoms with Gasteiger partial charge in [-0.15, -0.1) is 10.2 Å². The molecule has 6 heteroatoms. The maximum atomic E-state index is 4.80. The van der Waals surface area contributed by atoms with Crippen molar-refractivity contribution in [3.05, 3.63) is 47.3 Å². The van der Waals surface area contributed by atoms with Crippen LogP contribution in [0.2, 0.25) is 0 Å². The van der Waals surface area contributed by atoms with Gasteiger partial charge in [0.1, 0.15) is 11.6 Å². The van der Waals surface area contributed by atoms with Crippen LogP contribution in [0.3, 0.4) is 0 Å². The number of para-hydroxylation sites is 2. The van der Waals surface area contributed by atoms with E-state index in [2.05, 4.69) is 31.6 Å². The summed E-state index contributed by atoms with van der Waals surface area (Å²) >= 11 is 0. The van der Waals surface area contributed by atoms with E-state index >= 15 is 0 Å². The van der Waals surface area contributed by atoms with Crippen molar-refractivity contribution in [1.82, 2.24) is 29.6 Å². The van der Waals surface area contributed by atoms with Gasteiger partial charge in [-0.25, -0.2) is 9.97 Å². The molecule has 0 radical (unpaired) electrons. The molecule has 6 nitrogen and oxygen atoms in total. The number of aromatic nitrogens is 5. The number of benzene rings is 1. The summed E-state index contributed by atoms with van der Waals surface area (Å²) in [6.45, 7) is 7.73. The van der Waals surface area contributed by atoms with Crippen molar-refractivity contribution >= 4 is 11.0 Å². The minimum atomic E-state index is 0.804. The topological polar surface area (TPSA) is 59.7 Å². The zero-order chi connectivity index (χ0) is 15.8. The summed E-state index contributed by atoms with van der Waals surface area (Å²) < 4.78 is 2.25. The van der Waals surface area contributed by atoms with Crippen LogP contribution in [0.15, 0.2) is 24.3 Å². The third-order valence-electron chi connectivity index (χ3n) is 4.44. The number of fused-ring (bicyclic) bond motifs is 2. The largest absolute Gasteiger partial charge is 0.313 e. The van der Waals surface area contributed by atoms with Crippen LogP contribution in [0, 0.1) is 6.92 Å². The minimum Gasteiger partial charge on any atom is -0.313 e. The first-order valence-electron chi connectivity index (χ1n) is 8.10. The second-order valence-electron chi connectivity index (χ2n) is 5.99. The highest BCUT2D eigenvalue weighted by atomic mass is 15.3. The van der Waals surface area contributed by atoms with Gasteiger partial charge in [0.2, 0.25) is 0 Å². The lowest BCUT2D eigenvalue weighted by Crippen LogP contribution is -2.34. The van der Waals surface area contributed by atoms with Crippen molar-refractivity contribution in [1.29, 1.82) is 0 Å². The average Bonchev–Trinajstić information content (AvgIpc) is 2.98. The van der Waals surface area contributed by atoms with Crippen LogP contribution >= 0.6 is 0 Å². The third kappa shape index (κ3) is 2.59. The summed E-state index contributed by atoms with van der Waals surface area (Å²) in [7, 11) is 0. The molecule has 1 aliphatic rings. The van der Waals surface area contributed by atoms with E-state index in [9.17, 15) is 0 Å². The maximum absolute atomic E-state index is 4.80. The highest BCUT2D eigenvalue weighted by molar-refractivity contribution is 5.74. The van der Waals surface area contributed by atoms with Gasteiger partial charge in [0.25, 0.3) is 0 Å². The molecule has 0 unspecified atom stereocenters. The molecule has 0 aliphatic carbocycles. The van der Waals surface area contributed by atoms with Crippen molar-refractivity contribution in [2.24, 2.45) is 0 Å². The van der Waals surface area contributed by atoms with E-state index in [1.807, 2.05) is 31.2 Å². The SMILES string of the molecule is CCc1nnc2n1CCN(Cc1nc3ccccc3nc1C)C2. The highest BCUT2D eigenvalue weighted by Gasteiger charge is 2.21. The van der Waals surface area contributed by atoms with E-state index in [0.717, 1.165) is 66.7 Å². The number of aryl methyl sites for hydroxylation is 2. The first-order valence-corrected chi connectivity index (χ1v) is 8.10. The van der Waals surface area contributed by atoms with Crippen molar-refractivity contribution in [2.75, 3.05) is 6.54 Å². The highest BCUT2D eigenvalue weighted by Crippen LogP contribution is 2.18. The second-order valence-corrected chi connectivity index (χ2v) is 5.99. The van der Waals surface area contributed by atoms with Gasteiger partial charge >= 0.3 is 0 Å². The molecule has 0 amide bonds. The van der Waals surface area contributed by atoms with Crippen LogP contribution in [-0.2, 0) is 26.1 Å². The van der Waals surface area contributed by atoms with Gasteiger partial charge < -0.3 is 4.57 Å². The quantitative estimate of drug-likeness (QED) is 0.741. The molecular weight excluding hydrogens is 288 g/mol. The number of rotatable bonds is 3. The van der Waals surface area contributed by atoms with Crippen molar-refractivity contribution < 1.29 is 0 Å². The van der Waals surface area contributed by atoms with E-state index in [-0.39, 0.29) is 0 Å². The summed E-state index contributed by atoms with van der Waals surface area (Å²) in [4.78, 5) is 11.8. The van der Waals surface area contributed by atoms with Crippen LogP contribution in [0.5, 0.6) is 0 Å². The van der Waals surface area contributed by atoms with Crippen molar-refractivity contribution in [3.63, 3.8) is 0 Å². The molecule has 3 aromatic rings. The zero-order valence-electron chi connectivity index (χ0n) is 13.5. The summed E-state index contributed by atoms with van der Waals surface area (Å²) in [6.07, 6.45) is 0.933. The van der Waals surface area contributed by atoms with Crippen LogP contribution in [-0.4, -0.2) is 36.2 Å². The molecule has 0 fully saturated rings. The molecule has 1 aromatic carbocycles. The lowest BCUT2D eigenvalue weighted by Gasteiger charge is -2.27. The first kappa shape index (κ1) is 14.3. The van der Waals surface area contributed by atoms with E-state index in [1.54, 1.807) is 0 Å². The van der Waals surface area contributed by atoms with Gasteiger partial charge in [-0.2, -0.15) is 0 Å². The molecule has 2 aromatic heterocycles. The Morgan fingerprint density at radius 1 is 1.04 bits per heavy atom. The molecular formula is C17H20N6. The Hall–Kier alpha value is -2.34. The second kappa shape index (κ2) is 5.70. The van der Waals surface area contributed by atoms with E-state index in [0.29, 0.717) is 0 Å². The Bertz CT molecular complexity index is 853. The predicted octanol–water partition coefficient (Wildman–Crippen LogP) is 2.11. The van der Waals surface area contributed by atoms with E-state index in [4.69, 9.17) is 4.98 Å². The number of nitrogens with zero attached hydrogens (tertiary/aromatic N) is 6. The molecule has 0 spiro atoms. The summed E-state index contributed by atoms with van der Waals surface area (Å²) in [5, 5.41) is 8.60. The van der Waals surface area contributed by atoms with Gasteiger partial charge in [0.15, 0.2) is 0 Å². The summed E-state index contributed by atoms with van der Waals surface area (Å²) in [5.41, 5.74) is 3.97. The molecule has 0 atom stereocenters. The minimum absolute atomic E-state index is 0.804. The van der Waals surface area contributed by atoms with Crippen LogP contribution < -0.4 is 0 Å². The van der Waals surface area contributed by atoms with Gasteiger partial charge in [0, 0.05) is 26.1 Å². The normalized spacial score (nSPS) is 15.0. The van der Waals surface area contributed by atoms with E-state index < -0.39 is 0 Å². The Labute approximate surface area is 135 Å². The predicted molar refractivity (Wildman–Crippen MR) is 87.8 cm³/mol. The monoisotopic (exact) mass is 308 g/mol. The third-order valence-corrected chi connectivity index (χ3v) is 4.44. The average molecular weight is 308 g/mol. The fourth-order valence-corrected chi connectivity index (χ4v) is 3.15. The van der Waals surface area contributed by atoms with Crippen LogP contribution in [0.25, 0.3) is 11.0 Å². The molecule has 0 saturated carbocycles. The van der Waals surface area contributed by atoms with E-state index in [1.165, 1.54) is 0 Å². The van der Waals surface area contributed by atoms with Crippen LogP contribution in [0.4, 0.5) is 0 Å². The molecule has 0 saturated heterocycles. The standard InChI is InChI=1S/C17H20N6/c1-3-16-20-21-17-11-22(8-9-23(16)17)10-15-12(2)18-13-6-4-5-7-14(13)19-15/h4-7H,3,8-11H2,1-2H3. The molecule has 0 N–H and O–H groups in total. The van der Waals surface area contributed by atoms with Crippen LogP contribution in [0.1, 0.15) is 30.0 Å². The fraction of sp³-hybridized carbons (Fsp3) is 0.412.